The Hall–Kier alpha value is -2.31. The molecule has 178 valence electrons. The SMILES string of the molecule is CCCCCCCCc1cnc(-c2ccc(OC(=O)C3COC4(CCCCC4)O3)cc2)nc1. The molecule has 1 spiro atoms. The fourth-order valence-electron chi connectivity index (χ4n) is 4.62. The predicted molar refractivity (Wildman–Crippen MR) is 127 cm³/mol. The van der Waals surface area contributed by atoms with Crippen molar-refractivity contribution in [1.82, 2.24) is 9.97 Å². The molecule has 1 aromatic carbocycles. The van der Waals surface area contributed by atoms with Crippen LogP contribution in [0.4, 0.5) is 0 Å². The minimum absolute atomic E-state index is 0.260. The lowest BCUT2D eigenvalue weighted by Gasteiger charge is -2.31. The molecule has 6 heteroatoms. The number of aromatic nitrogens is 2. The van der Waals surface area contributed by atoms with Gasteiger partial charge in [0, 0.05) is 30.8 Å². The van der Waals surface area contributed by atoms with Gasteiger partial charge in [-0.1, -0.05) is 45.4 Å². The zero-order valence-electron chi connectivity index (χ0n) is 19.8. The number of unbranched alkanes of at least 4 members (excludes halogenated alkanes) is 5. The Balaban J connectivity index is 1.24. The van der Waals surface area contributed by atoms with E-state index in [0.29, 0.717) is 11.6 Å². The maximum atomic E-state index is 12.5. The van der Waals surface area contributed by atoms with Crippen molar-refractivity contribution >= 4 is 5.97 Å². The van der Waals surface area contributed by atoms with Crippen LogP contribution in [0, 0.1) is 0 Å². The molecule has 1 aromatic heterocycles. The first kappa shape index (κ1) is 23.8. The van der Waals surface area contributed by atoms with E-state index in [9.17, 15) is 4.79 Å². The normalized spacial score (nSPS) is 19.6. The van der Waals surface area contributed by atoms with Crippen molar-refractivity contribution in [3.63, 3.8) is 0 Å². The predicted octanol–water partition coefficient (Wildman–Crippen LogP) is 6.03. The molecule has 0 amide bonds. The number of carbonyl (C=O) groups is 1. The molecule has 33 heavy (non-hydrogen) atoms. The number of carbonyl (C=O) groups excluding carboxylic acids is 1. The number of rotatable bonds is 10. The highest BCUT2D eigenvalue weighted by molar-refractivity contribution is 5.78. The fraction of sp³-hybridized carbons (Fsp3) is 0.593. The Morgan fingerprint density at radius 3 is 2.42 bits per heavy atom. The Labute approximate surface area is 197 Å². The Morgan fingerprint density at radius 2 is 1.70 bits per heavy atom. The van der Waals surface area contributed by atoms with E-state index >= 15 is 0 Å². The summed E-state index contributed by atoms with van der Waals surface area (Å²) in [6.45, 7) is 2.50. The van der Waals surface area contributed by atoms with E-state index in [4.69, 9.17) is 14.2 Å². The van der Waals surface area contributed by atoms with Crippen molar-refractivity contribution in [3.8, 4) is 17.1 Å². The number of benzene rings is 1. The van der Waals surface area contributed by atoms with E-state index < -0.39 is 17.9 Å². The quantitative estimate of drug-likeness (QED) is 0.249. The van der Waals surface area contributed by atoms with E-state index in [1.54, 1.807) is 12.1 Å². The largest absolute Gasteiger partial charge is 0.425 e. The molecular weight excluding hydrogens is 416 g/mol. The van der Waals surface area contributed by atoms with Gasteiger partial charge >= 0.3 is 5.97 Å². The third-order valence-electron chi connectivity index (χ3n) is 6.59. The van der Waals surface area contributed by atoms with Crippen LogP contribution in [-0.2, 0) is 20.7 Å². The molecule has 2 aliphatic rings. The summed E-state index contributed by atoms with van der Waals surface area (Å²) >= 11 is 0. The van der Waals surface area contributed by atoms with Crippen molar-refractivity contribution in [2.75, 3.05) is 6.61 Å². The molecule has 2 heterocycles. The highest BCUT2D eigenvalue weighted by Crippen LogP contribution is 2.38. The lowest BCUT2D eigenvalue weighted by atomic mass is 9.94. The van der Waals surface area contributed by atoms with Crippen molar-refractivity contribution < 1.29 is 19.0 Å². The highest BCUT2D eigenvalue weighted by atomic mass is 16.8. The van der Waals surface area contributed by atoms with Crippen LogP contribution in [0.3, 0.4) is 0 Å². The second kappa shape index (κ2) is 11.7. The average molecular weight is 453 g/mol. The molecule has 6 nitrogen and oxygen atoms in total. The molecule has 1 atom stereocenters. The molecule has 0 N–H and O–H groups in total. The summed E-state index contributed by atoms with van der Waals surface area (Å²) in [5, 5.41) is 0. The van der Waals surface area contributed by atoms with Gasteiger partial charge in [-0.2, -0.15) is 0 Å². The van der Waals surface area contributed by atoms with E-state index in [0.717, 1.165) is 37.7 Å². The maximum absolute atomic E-state index is 12.5. The van der Waals surface area contributed by atoms with Crippen molar-refractivity contribution in [1.29, 1.82) is 0 Å². The van der Waals surface area contributed by atoms with E-state index in [2.05, 4.69) is 16.9 Å². The molecule has 0 bridgehead atoms. The third-order valence-corrected chi connectivity index (χ3v) is 6.59. The summed E-state index contributed by atoms with van der Waals surface area (Å²) < 4.78 is 17.3. The van der Waals surface area contributed by atoms with Gasteiger partial charge in [0.25, 0.3) is 0 Å². The van der Waals surface area contributed by atoms with Crippen LogP contribution >= 0.6 is 0 Å². The zero-order chi connectivity index (χ0) is 22.9. The van der Waals surface area contributed by atoms with Gasteiger partial charge in [-0.25, -0.2) is 14.8 Å². The number of nitrogens with zero attached hydrogens (tertiary/aromatic N) is 2. The smallest absolute Gasteiger partial charge is 0.343 e. The van der Waals surface area contributed by atoms with Crippen LogP contribution in [-0.4, -0.2) is 34.4 Å². The second-order valence-corrected chi connectivity index (χ2v) is 9.27. The molecule has 4 rings (SSSR count). The first-order chi connectivity index (χ1) is 16.2. The van der Waals surface area contributed by atoms with Gasteiger partial charge in [-0.05, 0) is 55.5 Å². The van der Waals surface area contributed by atoms with Crippen LogP contribution < -0.4 is 4.74 Å². The van der Waals surface area contributed by atoms with Gasteiger partial charge in [0.2, 0.25) is 0 Å². The molecule has 1 unspecified atom stereocenters. The number of aryl methyl sites for hydroxylation is 1. The minimum atomic E-state index is -0.662. The molecular formula is C27H36N2O4. The molecule has 2 fully saturated rings. The van der Waals surface area contributed by atoms with E-state index in [1.165, 1.54) is 50.5 Å². The Morgan fingerprint density at radius 1 is 1.00 bits per heavy atom. The van der Waals surface area contributed by atoms with Crippen molar-refractivity contribution in [2.24, 2.45) is 0 Å². The van der Waals surface area contributed by atoms with E-state index in [1.807, 2.05) is 24.5 Å². The molecule has 1 aliphatic carbocycles. The average Bonchev–Trinajstić information content (AvgIpc) is 3.26. The molecule has 1 saturated heterocycles. The summed E-state index contributed by atoms with van der Waals surface area (Å²) in [5.41, 5.74) is 2.07. The minimum Gasteiger partial charge on any atom is -0.425 e. The monoisotopic (exact) mass is 452 g/mol. The summed E-state index contributed by atoms with van der Waals surface area (Å²) in [6.07, 6.45) is 16.9. The molecule has 2 aromatic rings. The maximum Gasteiger partial charge on any atom is 0.343 e. The number of hydrogen-bond acceptors (Lipinski definition) is 6. The molecule has 1 aliphatic heterocycles. The van der Waals surface area contributed by atoms with Gasteiger partial charge < -0.3 is 14.2 Å². The Kier molecular flexibility index (Phi) is 8.46. The van der Waals surface area contributed by atoms with Gasteiger partial charge in [-0.15, -0.1) is 0 Å². The number of ether oxygens (including phenoxy) is 3. The van der Waals surface area contributed by atoms with Crippen molar-refractivity contribution in [3.05, 3.63) is 42.2 Å². The van der Waals surface area contributed by atoms with Crippen LogP contribution in [0.15, 0.2) is 36.7 Å². The lowest BCUT2D eigenvalue weighted by Crippen LogP contribution is -2.35. The standard InChI is InChI=1S/C27H36N2O4/c1-2-3-4-5-6-8-11-21-18-28-25(29-19-21)22-12-14-23(15-13-22)32-26(30)24-20-31-27(33-24)16-9-7-10-17-27/h12-15,18-19,24H,2-11,16-17,20H2,1H3. The van der Waals surface area contributed by atoms with Crippen LogP contribution in [0.1, 0.15) is 83.1 Å². The summed E-state index contributed by atoms with van der Waals surface area (Å²) in [4.78, 5) is 21.6. The highest BCUT2D eigenvalue weighted by Gasteiger charge is 2.45. The summed E-state index contributed by atoms with van der Waals surface area (Å²) in [6, 6.07) is 7.29. The second-order valence-electron chi connectivity index (χ2n) is 9.27. The van der Waals surface area contributed by atoms with Crippen molar-refractivity contribution in [2.45, 2.75) is 95.9 Å². The first-order valence-electron chi connectivity index (χ1n) is 12.6. The van der Waals surface area contributed by atoms with Gasteiger partial charge in [-0.3, -0.25) is 0 Å². The van der Waals surface area contributed by atoms with Crippen LogP contribution in [0.25, 0.3) is 11.4 Å². The first-order valence-corrected chi connectivity index (χ1v) is 12.6. The Bertz CT molecular complexity index is 876. The summed E-state index contributed by atoms with van der Waals surface area (Å²) in [7, 11) is 0. The summed E-state index contributed by atoms with van der Waals surface area (Å²) in [5.74, 6) is 0.174. The van der Waals surface area contributed by atoms with Gasteiger partial charge in [0.05, 0.1) is 6.61 Å². The van der Waals surface area contributed by atoms with Gasteiger partial charge in [0.1, 0.15) is 5.75 Å². The topological polar surface area (TPSA) is 70.5 Å². The molecule has 1 saturated carbocycles. The number of esters is 1. The molecule has 0 radical (unpaired) electrons. The third kappa shape index (κ3) is 6.61. The fourth-order valence-corrected chi connectivity index (χ4v) is 4.62. The van der Waals surface area contributed by atoms with E-state index in [-0.39, 0.29) is 6.61 Å². The van der Waals surface area contributed by atoms with Crippen LogP contribution in [0.5, 0.6) is 5.75 Å². The van der Waals surface area contributed by atoms with Crippen LogP contribution in [0.2, 0.25) is 0 Å². The van der Waals surface area contributed by atoms with Gasteiger partial charge in [0.15, 0.2) is 17.7 Å². The number of hydrogen-bond donors (Lipinski definition) is 0. The lowest BCUT2D eigenvalue weighted by molar-refractivity contribution is -0.193. The zero-order valence-corrected chi connectivity index (χ0v) is 19.8.